The van der Waals surface area contributed by atoms with Crippen LogP contribution in [0.1, 0.15) is 42.4 Å². The standard InChI is InChI=1S/C17H21BrN2O/c1-17(2,3)13-7-5-12(6-8-13)15(18)9-14-10-16(21-4)20-11-19-14/h5-8,10-11,15H,9H2,1-4H3. The molecule has 21 heavy (non-hydrogen) atoms. The molecule has 0 bridgehead atoms. The number of halogens is 1. The summed E-state index contributed by atoms with van der Waals surface area (Å²) < 4.78 is 5.13. The quantitative estimate of drug-likeness (QED) is 0.765. The number of methoxy groups -OCH3 is 1. The minimum atomic E-state index is 0.181. The highest BCUT2D eigenvalue weighted by molar-refractivity contribution is 9.09. The molecule has 1 unspecified atom stereocenters. The van der Waals surface area contributed by atoms with Crippen molar-refractivity contribution in [1.82, 2.24) is 9.97 Å². The second-order valence-electron chi connectivity index (χ2n) is 6.10. The van der Waals surface area contributed by atoms with Gasteiger partial charge in [0.1, 0.15) is 6.33 Å². The topological polar surface area (TPSA) is 35.0 Å². The van der Waals surface area contributed by atoms with Crippen molar-refractivity contribution in [3.05, 3.63) is 53.5 Å². The van der Waals surface area contributed by atoms with Crippen LogP contribution in [0.2, 0.25) is 0 Å². The van der Waals surface area contributed by atoms with E-state index in [0.717, 1.165) is 12.1 Å². The Morgan fingerprint density at radius 1 is 1.14 bits per heavy atom. The van der Waals surface area contributed by atoms with Crippen molar-refractivity contribution in [2.45, 2.75) is 37.4 Å². The van der Waals surface area contributed by atoms with E-state index in [0.29, 0.717) is 5.88 Å². The molecule has 4 heteroatoms. The predicted molar refractivity (Wildman–Crippen MR) is 89.1 cm³/mol. The van der Waals surface area contributed by atoms with Crippen LogP contribution in [0.3, 0.4) is 0 Å². The van der Waals surface area contributed by atoms with Crippen LogP contribution in [0.5, 0.6) is 5.88 Å². The monoisotopic (exact) mass is 348 g/mol. The highest BCUT2D eigenvalue weighted by Crippen LogP contribution is 2.29. The van der Waals surface area contributed by atoms with Crippen LogP contribution in [-0.2, 0) is 11.8 Å². The minimum absolute atomic E-state index is 0.181. The van der Waals surface area contributed by atoms with Gasteiger partial charge in [-0.05, 0) is 16.5 Å². The van der Waals surface area contributed by atoms with Gasteiger partial charge in [0, 0.05) is 23.0 Å². The fourth-order valence-corrected chi connectivity index (χ4v) is 2.73. The average Bonchev–Trinajstić information content (AvgIpc) is 2.46. The van der Waals surface area contributed by atoms with Crippen molar-refractivity contribution in [3.8, 4) is 5.88 Å². The zero-order chi connectivity index (χ0) is 15.5. The Morgan fingerprint density at radius 3 is 2.38 bits per heavy atom. The first-order chi connectivity index (χ1) is 9.90. The Kier molecular flexibility index (Phi) is 4.99. The average molecular weight is 349 g/mol. The van der Waals surface area contributed by atoms with Gasteiger partial charge in [0.05, 0.1) is 7.11 Å². The lowest BCUT2D eigenvalue weighted by Crippen LogP contribution is -2.11. The molecule has 2 aromatic rings. The Hall–Kier alpha value is -1.42. The molecule has 3 nitrogen and oxygen atoms in total. The summed E-state index contributed by atoms with van der Waals surface area (Å²) in [5.41, 5.74) is 3.74. The number of aromatic nitrogens is 2. The molecule has 2 rings (SSSR count). The van der Waals surface area contributed by atoms with Gasteiger partial charge < -0.3 is 4.74 Å². The van der Waals surface area contributed by atoms with E-state index in [2.05, 4.69) is 70.9 Å². The van der Waals surface area contributed by atoms with Gasteiger partial charge in [0.25, 0.3) is 0 Å². The fraction of sp³-hybridized carbons (Fsp3) is 0.412. The van der Waals surface area contributed by atoms with Gasteiger partial charge in [-0.1, -0.05) is 61.0 Å². The summed E-state index contributed by atoms with van der Waals surface area (Å²) >= 11 is 3.74. The second kappa shape index (κ2) is 6.56. The third kappa shape index (κ3) is 4.27. The van der Waals surface area contributed by atoms with E-state index in [1.165, 1.54) is 17.5 Å². The van der Waals surface area contributed by atoms with E-state index in [1.54, 1.807) is 7.11 Å². The second-order valence-corrected chi connectivity index (χ2v) is 7.20. The lowest BCUT2D eigenvalue weighted by molar-refractivity contribution is 0.396. The van der Waals surface area contributed by atoms with Crippen molar-refractivity contribution >= 4 is 15.9 Å². The third-order valence-corrected chi connectivity index (χ3v) is 4.29. The molecule has 0 fully saturated rings. The van der Waals surface area contributed by atoms with Crippen molar-refractivity contribution < 1.29 is 4.74 Å². The van der Waals surface area contributed by atoms with Crippen LogP contribution >= 0.6 is 15.9 Å². The van der Waals surface area contributed by atoms with Crippen LogP contribution in [0, 0.1) is 0 Å². The molecule has 0 saturated heterocycles. The van der Waals surface area contributed by atoms with Crippen molar-refractivity contribution in [2.75, 3.05) is 7.11 Å². The van der Waals surface area contributed by atoms with Gasteiger partial charge in [-0.2, -0.15) is 0 Å². The van der Waals surface area contributed by atoms with Crippen LogP contribution in [0.4, 0.5) is 0 Å². The summed E-state index contributed by atoms with van der Waals surface area (Å²) in [6, 6.07) is 10.6. The first-order valence-corrected chi connectivity index (χ1v) is 7.91. The Bertz CT molecular complexity index is 590. The Labute approximate surface area is 134 Å². The number of nitrogens with zero attached hydrogens (tertiary/aromatic N) is 2. The molecule has 1 heterocycles. The molecule has 0 amide bonds. The largest absolute Gasteiger partial charge is 0.481 e. The first kappa shape index (κ1) is 16.0. The number of hydrogen-bond acceptors (Lipinski definition) is 3. The molecule has 1 aromatic heterocycles. The number of alkyl halides is 1. The molecular formula is C17H21BrN2O. The van der Waals surface area contributed by atoms with E-state index >= 15 is 0 Å². The van der Waals surface area contributed by atoms with Crippen molar-refractivity contribution in [3.63, 3.8) is 0 Å². The van der Waals surface area contributed by atoms with Crippen LogP contribution in [0.15, 0.2) is 36.7 Å². The molecule has 0 aliphatic heterocycles. The zero-order valence-electron chi connectivity index (χ0n) is 12.9. The van der Waals surface area contributed by atoms with Gasteiger partial charge in [0.15, 0.2) is 0 Å². The summed E-state index contributed by atoms with van der Waals surface area (Å²) in [5, 5.41) is 0. The Balaban J connectivity index is 2.11. The van der Waals surface area contributed by atoms with Crippen molar-refractivity contribution in [1.29, 1.82) is 0 Å². The van der Waals surface area contributed by atoms with E-state index in [4.69, 9.17) is 4.74 Å². The normalized spacial score (nSPS) is 13.0. The van der Waals surface area contributed by atoms with E-state index in [1.807, 2.05) is 6.07 Å². The zero-order valence-corrected chi connectivity index (χ0v) is 14.5. The van der Waals surface area contributed by atoms with Gasteiger partial charge >= 0.3 is 0 Å². The SMILES string of the molecule is COc1cc(CC(Br)c2ccc(C(C)(C)C)cc2)ncn1. The lowest BCUT2D eigenvalue weighted by Gasteiger charge is -2.20. The summed E-state index contributed by atoms with van der Waals surface area (Å²) in [6.45, 7) is 6.67. The molecule has 0 aliphatic carbocycles. The summed E-state index contributed by atoms with van der Waals surface area (Å²) in [4.78, 5) is 8.54. The highest BCUT2D eigenvalue weighted by Gasteiger charge is 2.15. The molecule has 0 N–H and O–H groups in total. The summed E-state index contributed by atoms with van der Waals surface area (Å²) in [7, 11) is 1.61. The van der Waals surface area contributed by atoms with Gasteiger partial charge in [-0.15, -0.1) is 0 Å². The maximum Gasteiger partial charge on any atom is 0.216 e. The maximum atomic E-state index is 5.13. The first-order valence-electron chi connectivity index (χ1n) is 6.99. The Morgan fingerprint density at radius 2 is 1.81 bits per heavy atom. The number of hydrogen-bond donors (Lipinski definition) is 0. The molecule has 1 aromatic carbocycles. The van der Waals surface area contributed by atoms with Crippen molar-refractivity contribution in [2.24, 2.45) is 0 Å². The van der Waals surface area contributed by atoms with E-state index in [-0.39, 0.29) is 10.2 Å². The molecule has 0 radical (unpaired) electrons. The third-order valence-electron chi connectivity index (χ3n) is 3.43. The molecular weight excluding hydrogens is 328 g/mol. The van der Waals surface area contributed by atoms with Crippen LogP contribution in [0.25, 0.3) is 0 Å². The molecule has 112 valence electrons. The highest BCUT2D eigenvalue weighted by atomic mass is 79.9. The maximum absolute atomic E-state index is 5.13. The summed E-state index contributed by atoms with van der Waals surface area (Å²) in [5.74, 6) is 0.600. The predicted octanol–water partition coefficient (Wildman–Crippen LogP) is 4.46. The molecule has 0 saturated carbocycles. The smallest absolute Gasteiger partial charge is 0.216 e. The fourth-order valence-electron chi connectivity index (χ4n) is 2.09. The van der Waals surface area contributed by atoms with Crippen LogP contribution < -0.4 is 4.74 Å². The number of rotatable bonds is 4. The van der Waals surface area contributed by atoms with Gasteiger partial charge in [-0.3, -0.25) is 0 Å². The number of benzene rings is 1. The number of ether oxygens (including phenoxy) is 1. The van der Waals surface area contributed by atoms with Gasteiger partial charge in [-0.25, -0.2) is 9.97 Å². The minimum Gasteiger partial charge on any atom is -0.481 e. The van der Waals surface area contributed by atoms with E-state index in [9.17, 15) is 0 Å². The lowest BCUT2D eigenvalue weighted by atomic mass is 9.86. The van der Waals surface area contributed by atoms with Gasteiger partial charge in [0.2, 0.25) is 5.88 Å². The summed E-state index contributed by atoms with van der Waals surface area (Å²) in [6.07, 6.45) is 2.34. The van der Waals surface area contributed by atoms with E-state index < -0.39 is 0 Å². The molecule has 0 aliphatic rings. The molecule has 0 spiro atoms. The van der Waals surface area contributed by atoms with Crippen LogP contribution in [-0.4, -0.2) is 17.1 Å². The molecule has 1 atom stereocenters.